The Bertz CT molecular complexity index is 455. The van der Waals surface area contributed by atoms with Crippen molar-refractivity contribution in [3.8, 4) is 0 Å². The number of hydrogen-bond donors (Lipinski definition) is 1. The van der Waals surface area contributed by atoms with Crippen molar-refractivity contribution in [2.75, 3.05) is 18.0 Å². The third kappa shape index (κ3) is 3.30. The number of anilines is 1. The number of ether oxygens (including phenoxy) is 1. The quantitative estimate of drug-likeness (QED) is 0.906. The van der Waals surface area contributed by atoms with Gasteiger partial charge in [-0.2, -0.15) is 0 Å². The van der Waals surface area contributed by atoms with Crippen LogP contribution in [0, 0.1) is 0 Å². The summed E-state index contributed by atoms with van der Waals surface area (Å²) in [5.41, 5.74) is 7.96. The molecule has 0 spiro atoms. The van der Waals surface area contributed by atoms with E-state index in [4.69, 9.17) is 10.5 Å². The lowest BCUT2D eigenvalue weighted by Gasteiger charge is -2.48. The smallest absolute Gasteiger partial charge is 0.0808 e. The molecule has 19 heavy (non-hydrogen) atoms. The molecule has 1 aromatic carbocycles. The Morgan fingerprint density at radius 3 is 2.32 bits per heavy atom. The molecule has 106 valence electrons. The summed E-state index contributed by atoms with van der Waals surface area (Å²) in [4.78, 5) is 2.39. The number of rotatable bonds is 2. The highest BCUT2D eigenvalue weighted by molar-refractivity contribution is 9.10. The monoisotopic (exact) mass is 326 g/mol. The maximum atomic E-state index is 6.13. The molecule has 0 radical (unpaired) electrons. The Kier molecular flexibility index (Phi) is 3.96. The second-order valence-corrected chi connectivity index (χ2v) is 7.27. The Labute approximate surface area is 124 Å². The first-order valence-corrected chi connectivity index (χ1v) is 7.46. The van der Waals surface area contributed by atoms with Crippen LogP contribution in [0.25, 0.3) is 0 Å². The van der Waals surface area contributed by atoms with Crippen molar-refractivity contribution in [3.05, 3.63) is 28.2 Å². The number of nitrogens with zero attached hydrogens (tertiary/aromatic N) is 1. The van der Waals surface area contributed by atoms with Crippen LogP contribution in [0.4, 0.5) is 5.69 Å². The highest BCUT2D eigenvalue weighted by Gasteiger charge is 2.38. The molecule has 0 atom stereocenters. The molecule has 1 aliphatic rings. The second-order valence-electron chi connectivity index (χ2n) is 6.42. The van der Waals surface area contributed by atoms with Gasteiger partial charge < -0.3 is 15.4 Å². The van der Waals surface area contributed by atoms with Gasteiger partial charge in [0.15, 0.2) is 0 Å². The van der Waals surface area contributed by atoms with Crippen LogP contribution in [0.1, 0.15) is 33.3 Å². The Morgan fingerprint density at radius 1 is 1.21 bits per heavy atom. The molecule has 1 fully saturated rings. The summed E-state index contributed by atoms with van der Waals surface area (Å²) >= 11 is 3.59. The average molecular weight is 327 g/mol. The number of nitrogens with two attached hydrogens (primary N) is 1. The van der Waals surface area contributed by atoms with E-state index in [2.05, 4.69) is 60.7 Å². The zero-order valence-corrected chi connectivity index (χ0v) is 13.8. The molecule has 1 aliphatic heterocycles. The molecule has 0 unspecified atom stereocenters. The van der Waals surface area contributed by atoms with Gasteiger partial charge in [-0.25, -0.2) is 0 Å². The number of benzene rings is 1. The van der Waals surface area contributed by atoms with Crippen molar-refractivity contribution < 1.29 is 4.74 Å². The first kappa shape index (κ1) is 14.8. The first-order chi connectivity index (χ1) is 8.74. The van der Waals surface area contributed by atoms with Crippen molar-refractivity contribution in [1.82, 2.24) is 0 Å². The number of hydrogen-bond acceptors (Lipinski definition) is 3. The molecular weight excluding hydrogens is 304 g/mol. The molecule has 4 heteroatoms. The molecule has 0 saturated carbocycles. The van der Waals surface area contributed by atoms with E-state index in [1.54, 1.807) is 0 Å². The summed E-state index contributed by atoms with van der Waals surface area (Å²) in [6.45, 7) is 10.8. The van der Waals surface area contributed by atoms with Gasteiger partial charge in [0.1, 0.15) is 0 Å². The molecule has 0 aliphatic carbocycles. The molecule has 0 aromatic heterocycles. The molecule has 3 nitrogen and oxygen atoms in total. The van der Waals surface area contributed by atoms with Crippen molar-refractivity contribution >= 4 is 21.6 Å². The lowest BCUT2D eigenvalue weighted by molar-refractivity contribution is -0.133. The van der Waals surface area contributed by atoms with E-state index in [-0.39, 0.29) is 11.2 Å². The normalized spacial score (nSPS) is 21.5. The fraction of sp³-hybridized carbons (Fsp3) is 0.600. The predicted octanol–water partition coefficient (Wildman–Crippen LogP) is 3.30. The molecule has 0 amide bonds. The lowest BCUT2D eigenvalue weighted by Crippen LogP contribution is -2.57. The summed E-state index contributed by atoms with van der Waals surface area (Å²) in [6, 6.07) is 6.25. The van der Waals surface area contributed by atoms with Crippen molar-refractivity contribution in [2.24, 2.45) is 5.73 Å². The van der Waals surface area contributed by atoms with Crippen LogP contribution in [0.3, 0.4) is 0 Å². The fourth-order valence-corrected chi connectivity index (χ4v) is 3.52. The van der Waals surface area contributed by atoms with E-state index in [0.29, 0.717) is 6.54 Å². The van der Waals surface area contributed by atoms with E-state index in [1.807, 2.05) is 6.07 Å². The predicted molar refractivity (Wildman–Crippen MR) is 83.5 cm³/mol. The van der Waals surface area contributed by atoms with Crippen molar-refractivity contribution in [2.45, 2.75) is 45.4 Å². The minimum absolute atomic E-state index is 0.157. The minimum Gasteiger partial charge on any atom is -0.366 e. The Hall–Kier alpha value is -0.580. The van der Waals surface area contributed by atoms with Crippen molar-refractivity contribution in [3.63, 3.8) is 0 Å². The van der Waals surface area contributed by atoms with Crippen LogP contribution in [0.15, 0.2) is 22.7 Å². The van der Waals surface area contributed by atoms with Crippen LogP contribution in [-0.2, 0) is 11.3 Å². The third-order valence-corrected chi connectivity index (χ3v) is 4.08. The maximum Gasteiger partial charge on any atom is 0.0808 e. The molecule has 2 rings (SSSR count). The van der Waals surface area contributed by atoms with Crippen LogP contribution in [-0.4, -0.2) is 24.3 Å². The van der Waals surface area contributed by atoms with Gasteiger partial charge in [0.05, 0.1) is 11.2 Å². The zero-order valence-electron chi connectivity index (χ0n) is 12.2. The summed E-state index contributed by atoms with van der Waals surface area (Å²) < 4.78 is 7.21. The topological polar surface area (TPSA) is 38.5 Å². The first-order valence-electron chi connectivity index (χ1n) is 6.67. The van der Waals surface area contributed by atoms with E-state index in [0.717, 1.165) is 23.1 Å². The van der Waals surface area contributed by atoms with Gasteiger partial charge in [0.25, 0.3) is 0 Å². The van der Waals surface area contributed by atoms with Gasteiger partial charge >= 0.3 is 0 Å². The van der Waals surface area contributed by atoms with Gasteiger partial charge in [0.2, 0.25) is 0 Å². The van der Waals surface area contributed by atoms with Gasteiger partial charge in [-0.15, -0.1) is 0 Å². The molecule has 1 aromatic rings. The number of halogens is 1. The van der Waals surface area contributed by atoms with Crippen LogP contribution in [0.2, 0.25) is 0 Å². The zero-order chi connectivity index (χ0) is 14.3. The molecule has 1 saturated heterocycles. The molecule has 1 heterocycles. The SMILES string of the molecule is CC1(C)CN(c2cccc(Br)c2CN)CC(C)(C)O1. The molecular formula is C15H23BrN2O. The van der Waals surface area contributed by atoms with E-state index in [9.17, 15) is 0 Å². The van der Waals surface area contributed by atoms with Crippen LogP contribution >= 0.6 is 15.9 Å². The fourth-order valence-electron chi connectivity index (χ4n) is 3.00. The summed E-state index contributed by atoms with van der Waals surface area (Å²) in [7, 11) is 0. The second kappa shape index (κ2) is 5.08. The highest BCUT2D eigenvalue weighted by atomic mass is 79.9. The number of morpholine rings is 1. The van der Waals surface area contributed by atoms with E-state index < -0.39 is 0 Å². The van der Waals surface area contributed by atoms with Gasteiger partial charge in [-0.05, 0) is 39.8 Å². The molecule has 2 N–H and O–H groups in total. The van der Waals surface area contributed by atoms with E-state index in [1.165, 1.54) is 5.69 Å². The summed E-state index contributed by atoms with van der Waals surface area (Å²) in [6.07, 6.45) is 0. The largest absolute Gasteiger partial charge is 0.366 e. The lowest BCUT2D eigenvalue weighted by atomic mass is 9.97. The summed E-state index contributed by atoms with van der Waals surface area (Å²) in [5.74, 6) is 0. The Balaban J connectivity index is 2.39. The van der Waals surface area contributed by atoms with Gasteiger partial charge in [-0.3, -0.25) is 0 Å². The Morgan fingerprint density at radius 2 is 1.79 bits per heavy atom. The molecule has 0 bridgehead atoms. The summed E-state index contributed by atoms with van der Waals surface area (Å²) in [5, 5.41) is 0. The minimum atomic E-state index is -0.157. The highest BCUT2D eigenvalue weighted by Crippen LogP contribution is 2.35. The van der Waals surface area contributed by atoms with E-state index >= 15 is 0 Å². The third-order valence-electron chi connectivity index (χ3n) is 3.33. The van der Waals surface area contributed by atoms with Gasteiger partial charge in [-0.1, -0.05) is 22.0 Å². The van der Waals surface area contributed by atoms with Gasteiger partial charge in [0, 0.05) is 35.4 Å². The maximum absolute atomic E-state index is 6.13. The average Bonchev–Trinajstić information content (AvgIpc) is 2.24. The van der Waals surface area contributed by atoms with Crippen LogP contribution < -0.4 is 10.6 Å². The standard InChI is InChI=1S/C15H23BrN2O/c1-14(2)9-18(10-15(3,4)19-14)13-7-5-6-12(16)11(13)8-17/h5-7H,8-10,17H2,1-4H3. The van der Waals surface area contributed by atoms with Crippen LogP contribution in [0.5, 0.6) is 0 Å². The van der Waals surface area contributed by atoms with Crippen molar-refractivity contribution in [1.29, 1.82) is 0 Å².